The van der Waals surface area contributed by atoms with E-state index in [1.165, 1.54) is 12.0 Å². The largest absolute Gasteiger partial charge is 0.493 e. The van der Waals surface area contributed by atoms with Crippen molar-refractivity contribution in [1.82, 2.24) is 4.90 Å². The van der Waals surface area contributed by atoms with Gasteiger partial charge in [-0.25, -0.2) is 0 Å². The van der Waals surface area contributed by atoms with Crippen molar-refractivity contribution < 1.29 is 23.9 Å². The summed E-state index contributed by atoms with van der Waals surface area (Å²) in [5.74, 6) is 0.0715. The van der Waals surface area contributed by atoms with Crippen LogP contribution in [0.15, 0.2) is 77.7 Å². The van der Waals surface area contributed by atoms with Crippen LogP contribution < -0.4 is 14.8 Å². The molecule has 1 aliphatic rings. The van der Waals surface area contributed by atoms with Gasteiger partial charge in [-0.15, -0.1) is 0 Å². The number of amides is 3. The van der Waals surface area contributed by atoms with E-state index in [0.29, 0.717) is 32.7 Å². The van der Waals surface area contributed by atoms with Crippen molar-refractivity contribution >= 4 is 52.2 Å². The number of anilines is 1. The van der Waals surface area contributed by atoms with E-state index in [-0.39, 0.29) is 30.2 Å². The van der Waals surface area contributed by atoms with Crippen LogP contribution in [0, 0.1) is 0 Å². The van der Waals surface area contributed by atoms with Crippen LogP contribution in [-0.4, -0.2) is 35.7 Å². The molecule has 7 nitrogen and oxygen atoms in total. The number of methoxy groups -OCH3 is 1. The zero-order chi connectivity index (χ0) is 24.8. The zero-order valence-electron chi connectivity index (χ0n) is 18.7. The smallest absolute Gasteiger partial charge is 0.293 e. The minimum absolute atomic E-state index is 0.219. The number of imide groups is 1. The number of carbonyl (C=O) groups is 3. The molecule has 1 aliphatic heterocycles. The van der Waals surface area contributed by atoms with Crippen LogP contribution in [0.1, 0.15) is 11.1 Å². The van der Waals surface area contributed by atoms with Crippen LogP contribution in [0.2, 0.25) is 5.02 Å². The Bertz CT molecular complexity index is 1280. The molecule has 1 N–H and O–H groups in total. The van der Waals surface area contributed by atoms with E-state index < -0.39 is 0 Å². The lowest BCUT2D eigenvalue weighted by molar-refractivity contribution is -0.123. The average Bonchev–Trinajstić information content (AvgIpc) is 3.12. The monoisotopic (exact) mass is 508 g/mol. The summed E-state index contributed by atoms with van der Waals surface area (Å²) < 4.78 is 11.0. The van der Waals surface area contributed by atoms with Crippen LogP contribution in [0.3, 0.4) is 0 Å². The predicted octanol–water partition coefficient (Wildman–Crippen LogP) is 5.60. The lowest BCUT2D eigenvalue weighted by atomic mass is 10.1. The Morgan fingerprint density at radius 1 is 1.03 bits per heavy atom. The zero-order valence-corrected chi connectivity index (χ0v) is 20.3. The molecule has 3 aromatic carbocycles. The summed E-state index contributed by atoms with van der Waals surface area (Å²) in [6.07, 6.45) is 1.63. The predicted molar refractivity (Wildman–Crippen MR) is 137 cm³/mol. The van der Waals surface area contributed by atoms with Gasteiger partial charge in [0.1, 0.15) is 0 Å². The number of hydrogen-bond donors (Lipinski definition) is 1. The minimum atomic E-state index is -0.345. The van der Waals surface area contributed by atoms with Crippen molar-refractivity contribution in [2.24, 2.45) is 0 Å². The van der Waals surface area contributed by atoms with Crippen molar-refractivity contribution in [3.05, 3.63) is 93.9 Å². The Kier molecular flexibility index (Phi) is 7.74. The fourth-order valence-electron chi connectivity index (χ4n) is 3.32. The number of thioether (sulfide) groups is 1. The molecule has 0 spiro atoms. The number of ether oxygens (including phenoxy) is 2. The Balaban J connectivity index is 1.41. The summed E-state index contributed by atoms with van der Waals surface area (Å²) in [5.41, 5.74) is 2.14. The molecular formula is C26H21ClN2O5S. The van der Waals surface area contributed by atoms with Crippen LogP contribution in [-0.2, 0) is 16.1 Å². The molecule has 0 saturated carbocycles. The van der Waals surface area contributed by atoms with E-state index in [2.05, 4.69) is 5.32 Å². The van der Waals surface area contributed by atoms with E-state index in [4.69, 9.17) is 21.1 Å². The standard InChI is InChI=1S/C26H21ClN2O5S/c1-33-22-13-18(7-12-21(22)34-16-24(30)28-20-10-8-19(27)9-11-20)14-23-25(31)29(26(32)35-23)15-17-5-3-2-4-6-17/h2-14H,15-16H2,1H3,(H,28,30)/b23-14-. The first-order chi connectivity index (χ1) is 16.9. The van der Waals surface area contributed by atoms with Gasteiger partial charge < -0.3 is 14.8 Å². The van der Waals surface area contributed by atoms with Gasteiger partial charge in [-0.1, -0.05) is 48.0 Å². The van der Waals surface area contributed by atoms with Crippen molar-refractivity contribution in [2.75, 3.05) is 19.0 Å². The minimum Gasteiger partial charge on any atom is -0.493 e. The van der Waals surface area contributed by atoms with Gasteiger partial charge in [0.15, 0.2) is 18.1 Å². The molecule has 3 amide bonds. The first-order valence-electron chi connectivity index (χ1n) is 10.6. The van der Waals surface area contributed by atoms with Crippen molar-refractivity contribution in [3.8, 4) is 11.5 Å². The maximum absolute atomic E-state index is 12.8. The molecule has 9 heteroatoms. The van der Waals surface area contributed by atoms with Crippen molar-refractivity contribution in [2.45, 2.75) is 6.54 Å². The Labute approximate surface area is 211 Å². The van der Waals surface area contributed by atoms with E-state index in [9.17, 15) is 14.4 Å². The number of benzene rings is 3. The molecule has 4 rings (SSSR count). The first kappa shape index (κ1) is 24.4. The fraction of sp³-hybridized carbons (Fsp3) is 0.115. The summed E-state index contributed by atoms with van der Waals surface area (Å²) in [6.45, 7) is -0.00621. The van der Waals surface area contributed by atoms with E-state index in [1.54, 1.807) is 48.5 Å². The van der Waals surface area contributed by atoms with Gasteiger partial charge in [0.05, 0.1) is 18.6 Å². The topological polar surface area (TPSA) is 84.9 Å². The normalized spacial score (nSPS) is 14.3. The van der Waals surface area contributed by atoms with Crippen LogP contribution in [0.5, 0.6) is 11.5 Å². The second-order valence-corrected chi connectivity index (χ2v) is 8.94. The molecule has 35 heavy (non-hydrogen) atoms. The number of rotatable bonds is 8. The number of nitrogens with zero attached hydrogens (tertiary/aromatic N) is 1. The van der Waals surface area contributed by atoms with Crippen molar-refractivity contribution in [1.29, 1.82) is 0 Å². The third kappa shape index (κ3) is 6.23. The van der Waals surface area contributed by atoms with Crippen molar-refractivity contribution in [3.63, 3.8) is 0 Å². The molecule has 0 aliphatic carbocycles. The highest BCUT2D eigenvalue weighted by Crippen LogP contribution is 2.35. The molecule has 0 unspecified atom stereocenters. The lowest BCUT2D eigenvalue weighted by Crippen LogP contribution is -2.27. The van der Waals surface area contributed by atoms with Gasteiger partial charge in [0.25, 0.3) is 17.1 Å². The third-order valence-electron chi connectivity index (χ3n) is 5.03. The molecule has 0 aromatic heterocycles. The number of nitrogens with one attached hydrogen (secondary N) is 1. The summed E-state index contributed by atoms with van der Waals surface area (Å²) in [6, 6.07) is 21.1. The Morgan fingerprint density at radius 3 is 2.49 bits per heavy atom. The molecule has 178 valence electrons. The van der Waals surface area contributed by atoms with Gasteiger partial charge in [-0.3, -0.25) is 19.3 Å². The summed E-state index contributed by atoms with van der Waals surface area (Å²) in [4.78, 5) is 38.9. The molecule has 3 aromatic rings. The molecule has 0 bridgehead atoms. The van der Waals surface area contributed by atoms with Gasteiger partial charge in [-0.05, 0) is 65.4 Å². The highest BCUT2D eigenvalue weighted by atomic mass is 35.5. The van der Waals surface area contributed by atoms with Crippen LogP contribution >= 0.6 is 23.4 Å². The number of halogens is 1. The fourth-order valence-corrected chi connectivity index (χ4v) is 4.28. The van der Waals surface area contributed by atoms with Crippen LogP contribution in [0.25, 0.3) is 6.08 Å². The van der Waals surface area contributed by atoms with E-state index in [1.807, 2.05) is 30.3 Å². The maximum Gasteiger partial charge on any atom is 0.293 e. The summed E-state index contributed by atoms with van der Waals surface area (Å²) in [5, 5.41) is 2.98. The second-order valence-electron chi connectivity index (χ2n) is 7.51. The molecule has 1 fully saturated rings. The lowest BCUT2D eigenvalue weighted by Gasteiger charge is -2.12. The second kappa shape index (κ2) is 11.1. The molecular weight excluding hydrogens is 488 g/mol. The number of carbonyl (C=O) groups excluding carboxylic acids is 3. The first-order valence-corrected chi connectivity index (χ1v) is 11.8. The Hall–Kier alpha value is -3.75. The molecule has 1 saturated heterocycles. The highest BCUT2D eigenvalue weighted by molar-refractivity contribution is 8.18. The quantitative estimate of drug-likeness (QED) is 0.398. The summed E-state index contributed by atoms with van der Waals surface area (Å²) >= 11 is 6.74. The highest BCUT2D eigenvalue weighted by Gasteiger charge is 2.35. The number of hydrogen-bond acceptors (Lipinski definition) is 6. The van der Waals surface area contributed by atoms with Gasteiger partial charge in [0.2, 0.25) is 0 Å². The third-order valence-corrected chi connectivity index (χ3v) is 6.19. The van der Waals surface area contributed by atoms with E-state index >= 15 is 0 Å². The van der Waals surface area contributed by atoms with Gasteiger partial charge in [-0.2, -0.15) is 0 Å². The van der Waals surface area contributed by atoms with Gasteiger partial charge >= 0.3 is 0 Å². The molecule has 1 heterocycles. The molecule has 0 radical (unpaired) electrons. The average molecular weight is 509 g/mol. The maximum atomic E-state index is 12.8. The van der Waals surface area contributed by atoms with E-state index in [0.717, 1.165) is 17.3 Å². The van der Waals surface area contributed by atoms with Crippen LogP contribution in [0.4, 0.5) is 10.5 Å². The van der Waals surface area contributed by atoms with Gasteiger partial charge in [0, 0.05) is 10.7 Å². The SMILES string of the molecule is COc1cc(/C=C2\SC(=O)N(Cc3ccccc3)C2=O)ccc1OCC(=O)Nc1ccc(Cl)cc1. The Morgan fingerprint density at radius 2 is 1.77 bits per heavy atom. The summed E-state index contributed by atoms with van der Waals surface area (Å²) in [7, 11) is 1.48. The molecule has 0 atom stereocenters.